The zero-order valence-corrected chi connectivity index (χ0v) is 11.7. The van der Waals surface area contributed by atoms with Gasteiger partial charge in [-0.25, -0.2) is 0 Å². The summed E-state index contributed by atoms with van der Waals surface area (Å²) in [4.78, 5) is 16.2. The van der Waals surface area contributed by atoms with E-state index in [0.29, 0.717) is 17.7 Å². The highest BCUT2D eigenvalue weighted by Gasteiger charge is 2.08. The van der Waals surface area contributed by atoms with E-state index in [9.17, 15) is 4.79 Å². The van der Waals surface area contributed by atoms with Crippen molar-refractivity contribution >= 4 is 5.91 Å². The Balaban J connectivity index is 1.97. The molecule has 0 saturated carbocycles. The Labute approximate surface area is 124 Å². The van der Waals surface area contributed by atoms with E-state index in [2.05, 4.69) is 22.1 Å². The van der Waals surface area contributed by atoms with Crippen LogP contribution < -0.4 is 11.1 Å². The summed E-state index contributed by atoms with van der Waals surface area (Å²) in [5.41, 5.74) is 7.73. The first kappa shape index (κ1) is 14.8. The van der Waals surface area contributed by atoms with Gasteiger partial charge in [0.25, 0.3) is 5.91 Å². The fourth-order valence-corrected chi connectivity index (χ4v) is 1.90. The SMILES string of the molecule is NCC#Cc1ccccc1C(=O)NCCc1cccnc1. The number of carbonyl (C=O) groups is 1. The number of pyridine rings is 1. The summed E-state index contributed by atoms with van der Waals surface area (Å²) in [5.74, 6) is 5.56. The van der Waals surface area contributed by atoms with Gasteiger partial charge in [-0.2, -0.15) is 0 Å². The minimum Gasteiger partial charge on any atom is -0.352 e. The molecule has 0 atom stereocenters. The molecular weight excluding hydrogens is 262 g/mol. The molecule has 1 aromatic carbocycles. The Morgan fingerprint density at radius 2 is 2.10 bits per heavy atom. The number of nitrogens with one attached hydrogen (secondary N) is 1. The van der Waals surface area contributed by atoms with Crippen LogP contribution in [0.25, 0.3) is 0 Å². The molecule has 0 radical (unpaired) electrons. The maximum Gasteiger partial charge on any atom is 0.252 e. The molecule has 0 aliphatic heterocycles. The molecule has 106 valence electrons. The lowest BCUT2D eigenvalue weighted by Crippen LogP contribution is -2.26. The second-order valence-corrected chi connectivity index (χ2v) is 4.42. The Bertz CT molecular complexity index is 656. The van der Waals surface area contributed by atoms with Crippen LogP contribution in [0.2, 0.25) is 0 Å². The predicted molar refractivity (Wildman–Crippen MR) is 82.6 cm³/mol. The standard InChI is InChI=1S/C17H17N3O/c18-10-3-7-15-6-1-2-8-16(15)17(21)20-12-9-14-5-4-11-19-13-14/h1-2,4-6,8,11,13H,9-10,12,18H2,(H,20,21). The molecule has 0 unspecified atom stereocenters. The molecule has 2 rings (SSSR count). The maximum absolute atomic E-state index is 12.2. The molecule has 1 amide bonds. The number of carbonyl (C=O) groups excluding carboxylic acids is 1. The molecule has 0 aliphatic rings. The molecule has 0 spiro atoms. The van der Waals surface area contributed by atoms with Gasteiger partial charge in [-0.3, -0.25) is 9.78 Å². The first-order valence-electron chi connectivity index (χ1n) is 6.76. The third kappa shape index (κ3) is 4.44. The molecule has 21 heavy (non-hydrogen) atoms. The average molecular weight is 279 g/mol. The summed E-state index contributed by atoms with van der Waals surface area (Å²) in [6.07, 6.45) is 4.28. The second kappa shape index (κ2) is 7.83. The van der Waals surface area contributed by atoms with Crippen molar-refractivity contribution in [3.8, 4) is 11.8 Å². The molecule has 4 heteroatoms. The smallest absolute Gasteiger partial charge is 0.252 e. The van der Waals surface area contributed by atoms with Crippen molar-refractivity contribution in [1.82, 2.24) is 10.3 Å². The van der Waals surface area contributed by atoms with Gasteiger partial charge in [0.1, 0.15) is 0 Å². The molecule has 0 saturated heterocycles. The normalized spacial score (nSPS) is 9.57. The van der Waals surface area contributed by atoms with Crippen LogP contribution in [0.15, 0.2) is 48.8 Å². The lowest BCUT2D eigenvalue weighted by atomic mass is 10.1. The Morgan fingerprint density at radius 1 is 1.24 bits per heavy atom. The highest BCUT2D eigenvalue weighted by molar-refractivity contribution is 5.96. The highest BCUT2D eigenvalue weighted by atomic mass is 16.1. The number of hydrogen-bond acceptors (Lipinski definition) is 3. The molecule has 2 aromatic rings. The molecule has 4 nitrogen and oxygen atoms in total. The number of hydrogen-bond donors (Lipinski definition) is 2. The zero-order valence-electron chi connectivity index (χ0n) is 11.7. The second-order valence-electron chi connectivity index (χ2n) is 4.42. The molecule has 0 fully saturated rings. The summed E-state index contributed by atoms with van der Waals surface area (Å²) in [5, 5.41) is 2.90. The Morgan fingerprint density at radius 3 is 2.86 bits per heavy atom. The van der Waals surface area contributed by atoms with Gasteiger partial charge in [-0.1, -0.05) is 30.0 Å². The topological polar surface area (TPSA) is 68.0 Å². The lowest BCUT2D eigenvalue weighted by molar-refractivity contribution is 0.0954. The van der Waals surface area contributed by atoms with Crippen LogP contribution >= 0.6 is 0 Å². The maximum atomic E-state index is 12.2. The number of rotatable bonds is 4. The van der Waals surface area contributed by atoms with Crippen LogP contribution in [-0.4, -0.2) is 24.0 Å². The van der Waals surface area contributed by atoms with E-state index in [1.807, 2.05) is 30.3 Å². The van der Waals surface area contributed by atoms with Crippen LogP contribution in [0.1, 0.15) is 21.5 Å². The summed E-state index contributed by atoms with van der Waals surface area (Å²) in [6.45, 7) is 0.833. The fraction of sp³-hybridized carbons (Fsp3) is 0.176. The third-order valence-corrected chi connectivity index (χ3v) is 2.92. The summed E-state index contributed by atoms with van der Waals surface area (Å²) in [6, 6.07) is 11.1. The summed E-state index contributed by atoms with van der Waals surface area (Å²) in [7, 11) is 0. The largest absolute Gasteiger partial charge is 0.352 e. The van der Waals surface area contributed by atoms with Gasteiger partial charge in [0.05, 0.1) is 12.1 Å². The molecule has 3 N–H and O–H groups in total. The minimum atomic E-state index is -0.124. The van der Waals surface area contributed by atoms with E-state index in [1.54, 1.807) is 18.5 Å². The van der Waals surface area contributed by atoms with Crippen LogP contribution in [0.4, 0.5) is 0 Å². The lowest BCUT2D eigenvalue weighted by Gasteiger charge is -2.07. The average Bonchev–Trinajstić information content (AvgIpc) is 2.54. The Kier molecular flexibility index (Phi) is 5.50. The first-order valence-corrected chi connectivity index (χ1v) is 6.76. The third-order valence-electron chi connectivity index (χ3n) is 2.92. The van der Waals surface area contributed by atoms with Crippen molar-refractivity contribution in [3.05, 3.63) is 65.5 Å². The van der Waals surface area contributed by atoms with Gasteiger partial charge in [0.15, 0.2) is 0 Å². The number of amides is 1. The van der Waals surface area contributed by atoms with E-state index < -0.39 is 0 Å². The Hall–Kier alpha value is -2.64. The van der Waals surface area contributed by atoms with E-state index in [-0.39, 0.29) is 12.5 Å². The van der Waals surface area contributed by atoms with Gasteiger partial charge in [-0.15, -0.1) is 0 Å². The van der Waals surface area contributed by atoms with Gasteiger partial charge < -0.3 is 11.1 Å². The number of benzene rings is 1. The predicted octanol–water partition coefficient (Wildman–Crippen LogP) is 1.36. The first-order chi connectivity index (χ1) is 10.3. The molecular formula is C17H17N3O. The van der Waals surface area contributed by atoms with Crippen LogP contribution in [0.3, 0.4) is 0 Å². The molecule has 1 aromatic heterocycles. The highest BCUT2D eigenvalue weighted by Crippen LogP contribution is 2.07. The zero-order chi connectivity index (χ0) is 14.9. The van der Waals surface area contributed by atoms with E-state index >= 15 is 0 Å². The van der Waals surface area contributed by atoms with Gasteiger partial charge in [0, 0.05) is 24.5 Å². The van der Waals surface area contributed by atoms with Crippen molar-refractivity contribution in [2.75, 3.05) is 13.1 Å². The van der Waals surface area contributed by atoms with Crippen molar-refractivity contribution in [3.63, 3.8) is 0 Å². The van der Waals surface area contributed by atoms with Crippen LogP contribution in [-0.2, 0) is 6.42 Å². The van der Waals surface area contributed by atoms with E-state index in [0.717, 1.165) is 12.0 Å². The monoisotopic (exact) mass is 279 g/mol. The fourth-order valence-electron chi connectivity index (χ4n) is 1.90. The minimum absolute atomic E-state index is 0.124. The van der Waals surface area contributed by atoms with Gasteiger partial charge >= 0.3 is 0 Å². The van der Waals surface area contributed by atoms with Crippen molar-refractivity contribution in [2.45, 2.75) is 6.42 Å². The van der Waals surface area contributed by atoms with Crippen LogP contribution in [0, 0.1) is 11.8 Å². The van der Waals surface area contributed by atoms with Gasteiger partial charge in [0.2, 0.25) is 0 Å². The van der Waals surface area contributed by atoms with E-state index in [1.165, 1.54) is 0 Å². The van der Waals surface area contributed by atoms with Gasteiger partial charge in [-0.05, 0) is 30.2 Å². The quantitative estimate of drug-likeness (QED) is 0.830. The number of nitrogens with two attached hydrogens (primary N) is 1. The van der Waals surface area contributed by atoms with Crippen molar-refractivity contribution < 1.29 is 4.79 Å². The molecule has 1 heterocycles. The number of aromatic nitrogens is 1. The summed E-state index contributed by atoms with van der Waals surface area (Å²) >= 11 is 0. The van der Waals surface area contributed by atoms with Crippen LogP contribution in [0.5, 0.6) is 0 Å². The summed E-state index contributed by atoms with van der Waals surface area (Å²) < 4.78 is 0. The van der Waals surface area contributed by atoms with E-state index in [4.69, 9.17) is 5.73 Å². The van der Waals surface area contributed by atoms with Crippen molar-refractivity contribution in [1.29, 1.82) is 0 Å². The molecule has 0 aliphatic carbocycles. The number of nitrogens with zero attached hydrogens (tertiary/aromatic N) is 1. The molecule has 0 bridgehead atoms. The van der Waals surface area contributed by atoms with Crippen molar-refractivity contribution in [2.24, 2.45) is 5.73 Å².